The molecule has 0 atom stereocenters. The zero-order valence-electron chi connectivity index (χ0n) is 14.2. The number of hydrogen-bond acceptors (Lipinski definition) is 4. The zero-order valence-corrected chi connectivity index (χ0v) is 15.0. The second-order valence-electron chi connectivity index (χ2n) is 5.64. The van der Waals surface area contributed by atoms with Crippen molar-refractivity contribution in [1.82, 2.24) is 0 Å². The van der Waals surface area contributed by atoms with Crippen LogP contribution in [0.4, 0.5) is 5.69 Å². The van der Waals surface area contributed by atoms with Crippen molar-refractivity contribution in [3.05, 3.63) is 76.5 Å². The molecule has 0 N–H and O–H groups in total. The van der Waals surface area contributed by atoms with E-state index >= 15 is 0 Å². The number of anilines is 1. The SMILES string of the molecule is CCOC(=O)C=C1CN=C(c2ccccc2)c2cc(Cl)ccc2N1C. The number of fused-ring (bicyclic) bond motifs is 1. The number of hydrogen-bond donors (Lipinski definition) is 0. The minimum atomic E-state index is -0.363. The van der Waals surface area contributed by atoms with E-state index in [1.807, 2.05) is 60.5 Å². The van der Waals surface area contributed by atoms with E-state index in [4.69, 9.17) is 21.3 Å². The minimum absolute atomic E-state index is 0.344. The molecule has 4 nitrogen and oxygen atoms in total. The number of rotatable bonds is 3. The van der Waals surface area contributed by atoms with E-state index in [0.717, 1.165) is 28.2 Å². The number of aliphatic imine (C=N–C) groups is 1. The van der Waals surface area contributed by atoms with E-state index in [1.165, 1.54) is 6.08 Å². The molecule has 0 bridgehead atoms. The predicted octanol–water partition coefficient (Wildman–Crippen LogP) is 4.07. The third kappa shape index (κ3) is 3.74. The van der Waals surface area contributed by atoms with E-state index in [9.17, 15) is 4.79 Å². The molecular formula is C20H19ClN2O2. The maximum absolute atomic E-state index is 11.9. The summed E-state index contributed by atoms with van der Waals surface area (Å²) < 4.78 is 5.04. The van der Waals surface area contributed by atoms with Crippen LogP contribution in [0.1, 0.15) is 18.1 Å². The Hall–Kier alpha value is -2.59. The summed E-state index contributed by atoms with van der Waals surface area (Å²) in [5.41, 5.74) is 4.52. The molecule has 0 saturated carbocycles. The van der Waals surface area contributed by atoms with E-state index in [0.29, 0.717) is 18.2 Å². The van der Waals surface area contributed by atoms with Gasteiger partial charge in [-0.1, -0.05) is 41.9 Å². The van der Waals surface area contributed by atoms with E-state index in [1.54, 1.807) is 6.92 Å². The number of halogens is 1. The quantitative estimate of drug-likeness (QED) is 0.616. The van der Waals surface area contributed by atoms with Crippen molar-refractivity contribution in [3.63, 3.8) is 0 Å². The third-order valence-electron chi connectivity index (χ3n) is 4.02. The van der Waals surface area contributed by atoms with Crippen LogP contribution in [0.2, 0.25) is 5.02 Å². The van der Waals surface area contributed by atoms with Crippen LogP contribution >= 0.6 is 11.6 Å². The second-order valence-corrected chi connectivity index (χ2v) is 6.08. The molecule has 0 aromatic heterocycles. The van der Waals surface area contributed by atoms with Crippen molar-refractivity contribution < 1.29 is 9.53 Å². The van der Waals surface area contributed by atoms with Gasteiger partial charge in [-0.05, 0) is 25.1 Å². The van der Waals surface area contributed by atoms with Gasteiger partial charge in [0.1, 0.15) is 0 Å². The molecule has 128 valence electrons. The van der Waals surface area contributed by atoms with Crippen LogP contribution in [-0.4, -0.2) is 31.9 Å². The summed E-state index contributed by atoms with van der Waals surface area (Å²) in [5.74, 6) is -0.363. The fourth-order valence-corrected chi connectivity index (χ4v) is 2.97. The van der Waals surface area contributed by atoms with E-state index in [-0.39, 0.29) is 5.97 Å². The van der Waals surface area contributed by atoms with Gasteiger partial charge in [-0.25, -0.2) is 4.79 Å². The Morgan fingerprint density at radius 1 is 1.28 bits per heavy atom. The maximum atomic E-state index is 11.9. The molecule has 0 amide bonds. The first kappa shape index (κ1) is 17.2. The third-order valence-corrected chi connectivity index (χ3v) is 4.26. The first-order valence-electron chi connectivity index (χ1n) is 8.11. The molecule has 0 fully saturated rings. The lowest BCUT2D eigenvalue weighted by molar-refractivity contribution is -0.137. The Morgan fingerprint density at radius 3 is 2.76 bits per heavy atom. The van der Waals surface area contributed by atoms with Crippen LogP contribution in [0.15, 0.2) is 65.3 Å². The van der Waals surface area contributed by atoms with Crippen LogP contribution in [0.3, 0.4) is 0 Å². The highest BCUT2D eigenvalue weighted by Gasteiger charge is 2.21. The van der Waals surface area contributed by atoms with Gasteiger partial charge in [0, 0.05) is 35.0 Å². The first-order chi connectivity index (χ1) is 12.1. The number of carbonyl (C=O) groups is 1. The summed E-state index contributed by atoms with van der Waals surface area (Å²) in [6.45, 7) is 2.51. The van der Waals surface area contributed by atoms with Gasteiger partial charge in [0.25, 0.3) is 0 Å². The number of nitrogens with zero attached hydrogens (tertiary/aromatic N) is 2. The summed E-state index contributed by atoms with van der Waals surface area (Å²) in [7, 11) is 1.92. The Kier molecular flexibility index (Phi) is 5.19. The molecule has 0 aliphatic carbocycles. The lowest BCUT2D eigenvalue weighted by atomic mass is 10.0. The molecule has 2 aromatic rings. The Morgan fingerprint density at radius 2 is 2.04 bits per heavy atom. The highest BCUT2D eigenvalue weighted by Crippen LogP contribution is 2.31. The average Bonchev–Trinajstić information content (AvgIpc) is 2.73. The Bertz CT molecular complexity index is 844. The number of likely N-dealkylation sites (N-methyl/N-ethyl adjacent to an activating group) is 1. The molecule has 25 heavy (non-hydrogen) atoms. The number of ether oxygens (including phenoxy) is 1. The molecular weight excluding hydrogens is 336 g/mol. The maximum Gasteiger partial charge on any atom is 0.332 e. The van der Waals surface area contributed by atoms with Crippen molar-refractivity contribution in [2.75, 3.05) is 25.1 Å². The fraction of sp³-hybridized carbons (Fsp3) is 0.200. The fourth-order valence-electron chi connectivity index (χ4n) is 2.80. The largest absolute Gasteiger partial charge is 0.463 e. The van der Waals surface area contributed by atoms with Crippen molar-refractivity contribution >= 4 is 29.0 Å². The number of benzene rings is 2. The van der Waals surface area contributed by atoms with Gasteiger partial charge < -0.3 is 9.64 Å². The second kappa shape index (κ2) is 7.53. The van der Waals surface area contributed by atoms with Crippen LogP contribution < -0.4 is 4.90 Å². The normalized spacial score (nSPS) is 15.4. The summed E-state index contributed by atoms with van der Waals surface area (Å²) in [4.78, 5) is 18.6. The van der Waals surface area contributed by atoms with Crippen molar-refractivity contribution in [1.29, 1.82) is 0 Å². The summed E-state index contributed by atoms with van der Waals surface area (Å²) in [6.07, 6.45) is 1.50. The van der Waals surface area contributed by atoms with Gasteiger partial charge in [-0.3, -0.25) is 4.99 Å². The molecule has 1 aliphatic heterocycles. The van der Waals surface area contributed by atoms with Gasteiger partial charge in [0.15, 0.2) is 0 Å². The number of esters is 1. The molecule has 5 heteroatoms. The first-order valence-corrected chi connectivity index (χ1v) is 8.48. The molecule has 0 spiro atoms. The molecule has 2 aromatic carbocycles. The van der Waals surface area contributed by atoms with Gasteiger partial charge in [0.2, 0.25) is 0 Å². The van der Waals surface area contributed by atoms with Crippen LogP contribution in [0, 0.1) is 0 Å². The van der Waals surface area contributed by atoms with Crippen molar-refractivity contribution in [2.24, 2.45) is 4.99 Å². The zero-order chi connectivity index (χ0) is 17.8. The average molecular weight is 355 g/mol. The summed E-state index contributed by atoms with van der Waals surface area (Å²) in [6, 6.07) is 15.7. The standard InChI is InChI=1S/C20H19ClN2O2/c1-3-25-19(24)12-16-13-22-20(14-7-5-4-6-8-14)17-11-15(21)9-10-18(17)23(16)2/h4-12H,3,13H2,1-2H3. The molecule has 1 heterocycles. The Balaban J connectivity index is 2.12. The van der Waals surface area contributed by atoms with Crippen molar-refractivity contribution in [3.8, 4) is 0 Å². The van der Waals surface area contributed by atoms with Gasteiger partial charge in [-0.15, -0.1) is 0 Å². The molecule has 0 saturated heterocycles. The lowest BCUT2D eigenvalue weighted by Crippen LogP contribution is -2.20. The van der Waals surface area contributed by atoms with Crippen molar-refractivity contribution in [2.45, 2.75) is 6.92 Å². The topological polar surface area (TPSA) is 41.9 Å². The molecule has 3 rings (SSSR count). The molecule has 1 aliphatic rings. The minimum Gasteiger partial charge on any atom is -0.463 e. The predicted molar refractivity (Wildman–Crippen MR) is 102 cm³/mol. The number of carbonyl (C=O) groups excluding carboxylic acids is 1. The van der Waals surface area contributed by atoms with Crippen LogP contribution in [-0.2, 0) is 9.53 Å². The van der Waals surface area contributed by atoms with Gasteiger partial charge in [0.05, 0.1) is 24.6 Å². The van der Waals surface area contributed by atoms with Crippen LogP contribution in [0.5, 0.6) is 0 Å². The summed E-state index contributed by atoms with van der Waals surface area (Å²) >= 11 is 6.23. The van der Waals surface area contributed by atoms with E-state index in [2.05, 4.69) is 0 Å². The Labute approximate surface area is 152 Å². The highest BCUT2D eigenvalue weighted by molar-refractivity contribution is 6.31. The van der Waals surface area contributed by atoms with Crippen LogP contribution in [0.25, 0.3) is 0 Å². The molecule has 0 unspecified atom stereocenters. The molecule has 0 radical (unpaired) electrons. The number of benzodiazepines with no additional fused rings is 1. The highest BCUT2D eigenvalue weighted by atomic mass is 35.5. The lowest BCUT2D eigenvalue weighted by Gasteiger charge is -2.22. The smallest absolute Gasteiger partial charge is 0.332 e. The van der Waals surface area contributed by atoms with E-state index < -0.39 is 0 Å². The monoisotopic (exact) mass is 354 g/mol. The van der Waals surface area contributed by atoms with Gasteiger partial charge >= 0.3 is 5.97 Å². The summed E-state index contributed by atoms with van der Waals surface area (Å²) in [5, 5.41) is 0.647. The van der Waals surface area contributed by atoms with Gasteiger partial charge in [-0.2, -0.15) is 0 Å².